The number of anilines is 1. The Bertz CT molecular complexity index is 564. The van der Waals surface area contributed by atoms with Crippen LogP contribution < -0.4 is 11.1 Å². The fraction of sp³-hybridized carbons (Fsp3) is 0.308. The normalized spacial score (nSPS) is 10.4. The van der Waals surface area contributed by atoms with Gasteiger partial charge in [-0.3, -0.25) is 9.78 Å². The molecule has 0 spiro atoms. The largest absolute Gasteiger partial charge is 0.398 e. The Kier molecular flexibility index (Phi) is 4.12. The molecule has 0 aliphatic rings. The molecule has 0 saturated carbocycles. The van der Waals surface area contributed by atoms with Crippen LogP contribution in [0.15, 0.2) is 31.0 Å². The van der Waals surface area contributed by atoms with Crippen molar-refractivity contribution in [2.45, 2.75) is 19.9 Å². The van der Waals surface area contributed by atoms with Crippen LogP contribution in [0.1, 0.15) is 13.3 Å². The monoisotopic (exact) mass is 259 g/mol. The third-order valence-electron chi connectivity index (χ3n) is 2.73. The number of hydrogen-bond acceptors (Lipinski definition) is 4. The second kappa shape index (κ2) is 5.99. The molecular weight excluding hydrogens is 242 g/mol. The lowest BCUT2D eigenvalue weighted by Gasteiger charge is -2.09. The molecule has 100 valence electrons. The molecule has 3 N–H and O–H groups in total. The average Bonchev–Trinajstić information content (AvgIpc) is 2.85. The lowest BCUT2D eigenvalue weighted by molar-refractivity contribution is -0.121. The minimum atomic E-state index is -0.0384. The standard InChI is InChI=1S/C13H17N5O/c1-2-4-17-13(19)8-18-9-16-7-12(18)10-6-15-5-3-11(10)14/h3,5-7,9H,2,4,8H2,1H3,(H2,14,15)(H,17,19). The van der Waals surface area contributed by atoms with Gasteiger partial charge in [-0.15, -0.1) is 0 Å². The second-order valence-corrected chi connectivity index (χ2v) is 4.22. The van der Waals surface area contributed by atoms with Gasteiger partial charge in [0.25, 0.3) is 0 Å². The summed E-state index contributed by atoms with van der Waals surface area (Å²) >= 11 is 0. The number of carbonyl (C=O) groups excluding carboxylic acids is 1. The van der Waals surface area contributed by atoms with Crippen molar-refractivity contribution < 1.29 is 4.79 Å². The van der Waals surface area contributed by atoms with E-state index in [9.17, 15) is 4.79 Å². The average molecular weight is 259 g/mol. The second-order valence-electron chi connectivity index (χ2n) is 4.22. The number of amides is 1. The van der Waals surface area contributed by atoms with E-state index in [0.717, 1.165) is 17.7 Å². The van der Waals surface area contributed by atoms with Gasteiger partial charge in [0.15, 0.2) is 0 Å². The highest BCUT2D eigenvalue weighted by Gasteiger charge is 2.11. The molecule has 6 heteroatoms. The van der Waals surface area contributed by atoms with Gasteiger partial charge in [0.05, 0.1) is 18.2 Å². The lowest BCUT2D eigenvalue weighted by atomic mass is 10.2. The van der Waals surface area contributed by atoms with Crippen LogP contribution in [0.2, 0.25) is 0 Å². The first-order valence-electron chi connectivity index (χ1n) is 6.19. The van der Waals surface area contributed by atoms with Crippen molar-refractivity contribution in [1.82, 2.24) is 19.9 Å². The van der Waals surface area contributed by atoms with Gasteiger partial charge >= 0.3 is 0 Å². The Labute approximate surface area is 111 Å². The predicted molar refractivity (Wildman–Crippen MR) is 73.2 cm³/mol. The summed E-state index contributed by atoms with van der Waals surface area (Å²) in [7, 11) is 0. The van der Waals surface area contributed by atoms with Crippen LogP contribution in [0.3, 0.4) is 0 Å². The zero-order chi connectivity index (χ0) is 13.7. The molecule has 0 saturated heterocycles. The first-order chi connectivity index (χ1) is 9.22. The summed E-state index contributed by atoms with van der Waals surface area (Å²) in [6.45, 7) is 2.92. The van der Waals surface area contributed by atoms with Crippen LogP contribution in [0.25, 0.3) is 11.3 Å². The highest BCUT2D eigenvalue weighted by molar-refractivity contribution is 5.78. The first kappa shape index (κ1) is 13.1. The van der Waals surface area contributed by atoms with Crippen LogP contribution in [-0.2, 0) is 11.3 Å². The van der Waals surface area contributed by atoms with Crippen LogP contribution in [-0.4, -0.2) is 27.0 Å². The van der Waals surface area contributed by atoms with Crippen LogP contribution in [0.5, 0.6) is 0 Å². The smallest absolute Gasteiger partial charge is 0.239 e. The highest BCUT2D eigenvalue weighted by atomic mass is 16.1. The number of nitrogens with zero attached hydrogens (tertiary/aromatic N) is 3. The Morgan fingerprint density at radius 3 is 3.00 bits per heavy atom. The quantitative estimate of drug-likeness (QED) is 0.840. The molecule has 2 rings (SSSR count). The number of pyridine rings is 1. The van der Waals surface area contributed by atoms with Crippen LogP contribution in [0.4, 0.5) is 5.69 Å². The minimum Gasteiger partial charge on any atom is -0.398 e. The van der Waals surface area contributed by atoms with Crippen molar-refractivity contribution in [2.75, 3.05) is 12.3 Å². The van der Waals surface area contributed by atoms with E-state index in [-0.39, 0.29) is 12.5 Å². The fourth-order valence-corrected chi connectivity index (χ4v) is 1.77. The molecule has 6 nitrogen and oxygen atoms in total. The fourth-order valence-electron chi connectivity index (χ4n) is 1.77. The van der Waals surface area contributed by atoms with E-state index >= 15 is 0 Å². The number of aromatic nitrogens is 3. The third-order valence-corrected chi connectivity index (χ3v) is 2.73. The summed E-state index contributed by atoms with van der Waals surface area (Å²) in [5.74, 6) is -0.0384. The van der Waals surface area contributed by atoms with Gasteiger partial charge < -0.3 is 15.6 Å². The molecule has 0 atom stereocenters. The first-order valence-corrected chi connectivity index (χ1v) is 6.19. The van der Waals surface area contributed by atoms with Gasteiger partial charge in [0.2, 0.25) is 5.91 Å². The van der Waals surface area contributed by atoms with Crippen LogP contribution in [0, 0.1) is 0 Å². The summed E-state index contributed by atoms with van der Waals surface area (Å²) in [6, 6.07) is 1.73. The van der Waals surface area contributed by atoms with E-state index in [1.807, 2.05) is 6.92 Å². The van der Waals surface area contributed by atoms with E-state index < -0.39 is 0 Å². The topological polar surface area (TPSA) is 85.8 Å². The van der Waals surface area contributed by atoms with Crippen molar-refractivity contribution in [3.05, 3.63) is 31.0 Å². The molecule has 1 amide bonds. The Morgan fingerprint density at radius 2 is 2.26 bits per heavy atom. The van der Waals surface area contributed by atoms with E-state index in [4.69, 9.17) is 5.73 Å². The lowest BCUT2D eigenvalue weighted by Crippen LogP contribution is -2.28. The maximum absolute atomic E-state index is 11.7. The zero-order valence-corrected chi connectivity index (χ0v) is 10.8. The Balaban J connectivity index is 2.19. The zero-order valence-electron chi connectivity index (χ0n) is 10.8. The Hall–Kier alpha value is -2.37. The molecule has 19 heavy (non-hydrogen) atoms. The summed E-state index contributed by atoms with van der Waals surface area (Å²) in [6.07, 6.45) is 7.52. The molecule has 0 aliphatic heterocycles. The highest BCUT2D eigenvalue weighted by Crippen LogP contribution is 2.23. The van der Waals surface area contributed by atoms with Crippen LogP contribution >= 0.6 is 0 Å². The summed E-state index contributed by atoms with van der Waals surface area (Å²) in [5, 5.41) is 2.83. The molecule has 0 radical (unpaired) electrons. The number of hydrogen-bond donors (Lipinski definition) is 2. The van der Waals surface area contributed by atoms with Gasteiger partial charge in [-0.1, -0.05) is 6.92 Å². The summed E-state index contributed by atoms with van der Waals surface area (Å²) in [5.41, 5.74) is 8.10. The maximum atomic E-state index is 11.7. The van der Waals surface area contributed by atoms with E-state index in [1.165, 1.54) is 0 Å². The summed E-state index contributed by atoms with van der Waals surface area (Å²) in [4.78, 5) is 19.9. The van der Waals surface area contributed by atoms with Gasteiger partial charge in [0, 0.05) is 30.2 Å². The molecule has 2 aromatic rings. The SMILES string of the molecule is CCCNC(=O)Cn1cncc1-c1cnccc1N. The maximum Gasteiger partial charge on any atom is 0.239 e. The minimum absolute atomic E-state index is 0.0384. The molecule has 2 aromatic heterocycles. The predicted octanol–water partition coefficient (Wildman–Crippen LogP) is 1.05. The molecular formula is C13H17N5O. The van der Waals surface area contributed by atoms with E-state index in [0.29, 0.717) is 12.2 Å². The third kappa shape index (κ3) is 3.09. The van der Waals surface area contributed by atoms with Crippen molar-refractivity contribution in [3.8, 4) is 11.3 Å². The molecule has 0 aromatic carbocycles. The number of nitrogens with two attached hydrogens (primary N) is 1. The van der Waals surface area contributed by atoms with Crippen molar-refractivity contribution >= 4 is 11.6 Å². The molecule has 0 unspecified atom stereocenters. The molecule has 0 fully saturated rings. The molecule has 2 heterocycles. The van der Waals surface area contributed by atoms with Crippen molar-refractivity contribution in [3.63, 3.8) is 0 Å². The molecule has 0 aliphatic carbocycles. The Morgan fingerprint density at radius 1 is 1.42 bits per heavy atom. The molecule has 0 bridgehead atoms. The van der Waals surface area contributed by atoms with Gasteiger partial charge in [-0.05, 0) is 12.5 Å². The number of nitrogens with one attached hydrogen (secondary N) is 1. The number of rotatable bonds is 5. The van der Waals surface area contributed by atoms with E-state index in [2.05, 4.69) is 15.3 Å². The van der Waals surface area contributed by atoms with Gasteiger partial charge in [-0.25, -0.2) is 4.98 Å². The van der Waals surface area contributed by atoms with Crippen molar-refractivity contribution in [2.24, 2.45) is 0 Å². The van der Waals surface area contributed by atoms with Crippen molar-refractivity contribution in [1.29, 1.82) is 0 Å². The number of imidazole rings is 1. The van der Waals surface area contributed by atoms with Gasteiger partial charge in [0.1, 0.15) is 6.54 Å². The number of nitrogen functional groups attached to an aromatic ring is 1. The summed E-state index contributed by atoms with van der Waals surface area (Å²) < 4.78 is 1.76. The van der Waals surface area contributed by atoms with Gasteiger partial charge in [-0.2, -0.15) is 0 Å². The van der Waals surface area contributed by atoms with E-state index in [1.54, 1.807) is 35.6 Å². The number of carbonyl (C=O) groups is 1.